The van der Waals surface area contributed by atoms with E-state index in [1.54, 1.807) is 41.6 Å². The number of hydrogen-bond acceptors (Lipinski definition) is 5. The van der Waals surface area contributed by atoms with Crippen molar-refractivity contribution in [1.29, 1.82) is 5.26 Å². The summed E-state index contributed by atoms with van der Waals surface area (Å²) < 4.78 is 1.76. The van der Waals surface area contributed by atoms with Crippen LogP contribution in [-0.2, 0) is 6.54 Å². The average molecular weight is 402 g/mol. The minimum atomic E-state index is 0.0380. The van der Waals surface area contributed by atoms with Crippen molar-refractivity contribution < 1.29 is 5.11 Å². The van der Waals surface area contributed by atoms with Crippen molar-refractivity contribution in [2.75, 3.05) is 5.01 Å². The van der Waals surface area contributed by atoms with Crippen molar-refractivity contribution in [2.45, 2.75) is 6.54 Å². The molecule has 0 bridgehead atoms. The molecule has 29 heavy (non-hydrogen) atoms. The minimum Gasteiger partial charge on any atom is -0.506 e. The van der Waals surface area contributed by atoms with Gasteiger partial charge in [0.15, 0.2) is 0 Å². The summed E-state index contributed by atoms with van der Waals surface area (Å²) in [4.78, 5) is 0. The Kier molecular flexibility index (Phi) is 5.14. The first-order valence-corrected chi connectivity index (χ1v) is 9.23. The molecule has 1 heterocycles. The van der Waals surface area contributed by atoms with E-state index in [1.807, 2.05) is 47.5 Å². The zero-order valence-corrected chi connectivity index (χ0v) is 16.0. The third-order valence-corrected chi connectivity index (χ3v) is 4.84. The molecule has 4 aromatic rings. The highest BCUT2D eigenvalue weighted by Gasteiger charge is 2.14. The molecule has 0 fully saturated rings. The van der Waals surface area contributed by atoms with Crippen LogP contribution in [0, 0.1) is 11.3 Å². The van der Waals surface area contributed by atoms with Gasteiger partial charge in [0, 0.05) is 5.56 Å². The maximum Gasteiger partial charge on any atom is 0.139 e. The molecule has 0 aliphatic carbocycles. The van der Waals surface area contributed by atoms with Crippen LogP contribution in [0.5, 0.6) is 5.75 Å². The van der Waals surface area contributed by atoms with Gasteiger partial charge in [-0.1, -0.05) is 48.0 Å². The van der Waals surface area contributed by atoms with Crippen molar-refractivity contribution >= 4 is 17.3 Å². The number of benzene rings is 3. The Bertz CT molecular complexity index is 1170. The van der Waals surface area contributed by atoms with Gasteiger partial charge in [-0.05, 0) is 41.5 Å². The number of rotatable bonds is 5. The summed E-state index contributed by atoms with van der Waals surface area (Å²) in [5.74, 6) is 0.0380. The lowest BCUT2D eigenvalue weighted by atomic mass is 9.99. The van der Waals surface area contributed by atoms with Gasteiger partial charge < -0.3 is 5.11 Å². The smallest absolute Gasteiger partial charge is 0.139 e. The molecule has 0 amide bonds. The SMILES string of the molecule is N#Cc1ccc(N(Cc2ccc(O)c(Cl)c2)n2cnnc2)cc1-c1ccccc1. The van der Waals surface area contributed by atoms with Crippen LogP contribution in [0.3, 0.4) is 0 Å². The fourth-order valence-electron chi connectivity index (χ4n) is 3.09. The molecule has 7 heteroatoms. The van der Waals surface area contributed by atoms with Crippen LogP contribution >= 0.6 is 11.6 Å². The summed E-state index contributed by atoms with van der Waals surface area (Å²) in [5, 5.41) is 29.3. The zero-order chi connectivity index (χ0) is 20.2. The molecule has 1 aromatic heterocycles. The predicted octanol–water partition coefficient (Wildman–Crippen LogP) is 4.65. The van der Waals surface area contributed by atoms with Gasteiger partial charge in [0.25, 0.3) is 0 Å². The van der Waals surface area contributed by atoms with E-state index in [1.165, 1.54) is 0 Å². The van der Waals surface area contributed by atoms with Crippen LogP contribution in [0.2, 0.25) is 5.02 Å². The fraction of sp³-hybridized carbons (Fsp3) is 0.0455. The van der Waals surface area contributed by atoms with Crippen molar-refractivity contribution in [2.24, 2.45) is 0 Å². The van der Waals surface area contributed by atoms with Crippen LogP contribution in [0.25, 0.3) is 11.1 Å². The Morgan fingerprint density at radius 3 is 2.45 bits per heavy atom. The topological polar surface area (TPSA) is 78.0 Å². The Hall–Kier alpha value is -3.82. The van der Waals surface area contributed by atoms with Gasteiger partial charge >= 0.3 is 0 Å². The molecule has 6 nitrogen and oxygen atoms in total. The Balaban J connectivity index is 1.79. The number of anilines is 1. The van der Waals surface area contributed by atoms with Crippen molar-refractivity contribution in [3.63, 3.8) is 0 Å². The fourth-order valence-corrected chi connectivity index (χ4v) is 3.30. The first-order chi connectivity index (χ1) is 14.2. The highest BCUT2D eigenvalue weighted by molar-refractivity contribution is 6.32. The minimum absolute atomic E-state index is 0.0380. The van der Waals surface area contributed by atoms with Gasteiger partial charge in [0.05, 0.1) is 28.9 Å². The molecular weight excluding hydrogens is 386 g/mol. The summed E-state index contributed by atoms with van der Waals surface area (Å²) in [6.07, 6.45) is 3.20. The van der Waals surface area contributed by atoms with Crippen molar-refractivity contribution in [1.82, 2.24) is 14.9 Å². The van der Waals surface area contributed by atoms with Gasteiger partial charge in [-0.25, -0.2) is 4.68 Å². The van der Waals surface area contributed by atoms with Gasteiger partial charge in [0.1, 0.15) is 18.4 Å². The van der Waals surface area contributed by atoms with Crippen LogP contribution in [0.15, 0.2) is 79.4 Å². The lowest BCUT2D eigenvalue weighted by Crippen LogP contribution is -2.28. The van der Waals surface area contributed by atoms with Crippen molar-refractivity contribution in [3.8, 4) is 22.9 Å². The molecule has 0 atom stereocenters. The largest absolute Gasteiger partial charge is 0.506 e. The maximum absolute atomic E-state index is 9.70. The van der Waals surface area contributed by atoms with Crippen molar-refractivity contribution in [3.05, 3.63) is 95.5 Å². The van der Waals surface area contributed by atoms with E-state index in [9.17, 15) is 10.4 Å². The number of phenols is 1. The second-order valence-electron chi connectivity index (χ2n) is 6.39. The monoisotopic (exact) mass is 401 g/mol. The first-order valence-electron chi connectivity index (χ1n) is 8.85. The molecule has 0 unspecified atom stereocenters. The molecule has 142 valence electrons. The van der Waals surface area contributed by atoms with Crippen LogP contribution in [-0.4, -0.2) is 20.0 Å². The summed E-state index contributed by atoms with van der Waals surface area (Å²) in [7, 11) is 0. The molecule has 3 aromatic carbocycles. The summed E-state index contributed by atoms with van der Waals surface area (Å²) >= 11 is 6.08. The Labute approximate surface area is 172 Å². The van der Waals surface area contributed by atoms with E-state index in [0.717, 1.165) is 22.4 Å². The Morgan fingerprint density at radius 1 is 1.00 bits per heavy atom. The maximum atomic E-state index is 9.70. The molecule has 0 spiro atoms. The molecule has 1 N–H and O–H groups in total. The summed E-state index contributed by atoms with van der Waals surface area (Å²) in [6.45, 7) is 0.457. The second-order valence-corrected chi connectivity index (χ2v) is 6.80. The van der Waals surface area contributed by atoms with E-state index in [0.29, 0.717) is 12.1 Å². The van der Waals surface area contributed by atoms with Gasteiger partial charge in [-0.3, -0.25) is 5.01 Å². The normalized spacial score (nSPS) is 10.5. The number of halogens is 1. The van der Waals surface area contributed by atoms with E-state index >= 15 is 0 Å². The average Bonchev–Trinajstić information content (AvgIpc) is 3.29. The number of nitriles is 1. The van der Waals surface area contributed by atoms with Crippen LogP contribution < -0.4 is 5.01 Å². The van der Waals surface area contributed by atoms with E-state index < -0.39 is 0 Å². The van der Waals surface area contributed by atoms with Gasteiger partial charge in [-0.2, -0.15) is 5.26 Å². The standard InChI is InChI=1S/C22H16ClN5O/c23-21-10-16(6-9-22(21)29)13-28(27-14-25-26-15-27)19-8-7-18(12-24)20(11-19)17-4-2-1-3-5-17/h1-11,14-15,29H,13H2. The predicted molar refractivity (Wildman–Crippen MR) is 111 cm³/mol. The van der Waals surface area contributed by atoms with Gasteiger partial charge in [-0.15, -0.1) is 10.2 Å². The number of aromatic nitrogens is 3. The zero-order valence-electron chi connectivity index (χ0n) is 15.3. The second kappa shape index (κ2) is 8.05. The number of aromatic hydroxyl groups is 1. The Morgan fingerprint density at radius 2 is 1.76 bits per heavy atom. The van der Waals surface area contributed by atoms with Crippen LogP contribution in [0.1, 0.15) is 11.1 Å². The number of hydrogen-bond donors (Lipinski definition) is 1. The molecule has 4 rings (SSSR count). The lowest BCUT2D eigenvalue weighted by Gasteiger charge is -2.26. The van der Waals surface area contributed by atoms with E-state index in [4.69, 9.17) is 11.6 Å². The highest BCUT2D eigenvalue weighted by atomic mass is 35.5. The van der Waals surface area contributed by atoms with Crippen LogP contribution in [0.4, 0.5) is 5.69 Å². The summed E-state index contributed by atoms with van der Waals surface area (Å²) in [5.41, 5.74) is 4.14. The van der Waals surface area contributed by atoms with Gasteiger partial charge in [0.2, 0.25) is 0 Å². The molecule has 0 radical (unpaired) electrons. The highest BCUT2D eigenvalue weighted by Crippen LogP contribution is 2.30. The third kappa shape index (κ3) is 3.91. The lowest BCUT2D eigenvalue weighted by molar-refractivity contribution is 0.475. The molecule has 0 saturated carbocycles. The third-order valence-electron chi connectivity index (χ3n) is 4.54. The quantitative estimate of drug-likeness (QED) is 0.526. The molecule has 0 aliphatic rings. The first kappa shape index (κ1) is 18.5. The van der Waals surface area contributed by atoms with E-state index in [2.05, 4.69) is 16.3 Å². The summed E-state index contributed by atoms with van der Waals surface area (Å²) in [6, 6.07) is 22.8. The number of nitrogens with zero attached hydrogens (tertiary/aromatic N) is 5. The molecule has 0 saturated heterocycles. The van der Waals surface area contributed by atoms with E-state index in [-0.39, 0.29) is 10.8 Å². The molecule has 0 aliphatic heterocycles. The number of phenolic OH excluding ortho intramolecular Hbond substituents is 1. The molecular formula is C22H16ClN5O.